The smallest absolute Gasteiger partial charge is 0.220 e. The van der Waals surface area contributed by atoms with E-state index in [2.05, 4.69) is 79.9 Å². The molecule has 12 unspecified atom stereocenters. The minimum Gasteiger partial charge on any atom is -0.394 e. The van der Waals surface area contributed by atoms with Crippen molar-refractivity contribution in [1.82, 2.24) is 5.32 Å². The van der Waals surface area contributed by atoms with Crippen LogP contribution in [0, 0.1) is 0 Å². The lowest BCUT2D eigenvalue weighted by atomic mass is 9.97. The van der Waals surface area contributed by atoms with E-state index in [0.717, 1.165) is 96.3 Å². The molecule has 2 aliphatic heterocycles. The molecule has 2 heterocycles. The summed E-state index contributed by atoms with van der Waals surface area (Å²) in [5.41, 5.74) is 0. The monoisotopic (exact) mass is 938 g/mol. The number of ether oxygens (including phenoxy) is 4. The van der Waals surface area contributed by atoms with Gasteiger partial charge in [-0.1, -0.05) is 164 Å². The third-order valence-electron chi connectivity index (χ3n) is 12.2. The predicted molar refractivity (Wildman–Crippen MR) is 258 cm³/mol. The second-order valence-electron chi connectivity index (χ2n) is 17.9. The number of hydrogen-bond acceptors (Lipinski definition) is 13. The molecular formula is C52H91NO13. The third kappa shape index (κ3) is 25.3. The molecule has 382 valence electrons. The van der Waals surface area contributed by atoms with Crippen LogP contribution < -0.4 is 5.32 Å². The molecule has 0 aromatic heterocycles. The minimum absolute atomic E-state index is 0.224. The fourth-order valence-electron chi connectivity index (χ4n) is 8.09. The molecule has 12 atom stereocenters. The van der Waals surface area contributed by atoms with E-state index in [1.54, 1.807) is 0 Å². The standard InChI is InChI=1S/C52H91NO13/c1-3-5-7-9-11-13-14-15-16-17-18-19-20-21-22-23-24-25-26-28-30-32-34-36-44(57)53-40(41(56)35-33-31-29-27-12-10-8-6-4-2)39-63-51-49(62)47(60)50(43(38-55)65-51)66-52-48(61)46(59)45(58)42(37-54)64-52/h5,7,11,13,15-16,18-19,21-22,40-43,45-52,54-56,58-62H,3-4,6,8-10,12,14,17,20,23-39H2,1-2H3,(H,53,57)/b7-5-,13-11-,16-15-,19-18-,22-21-. The lowest BCUT2D eigenvalue weighted by Gasteiger charge is -2.46. The Kier molecular flexibility index (Phi) is 34.9. The Morgan fingerprint density at radius 3 is 1.61 bits per heavy atom. The first-order valence-corrected chi connectivity index (χ1v) is 25.5. The Balaban J connectivity index is 1.77. The molecule has 2 saturated heterocycles. The van der Waals surface area contributed by atoms with Gasteiger partial charge in [0.25, 0.3) is 0 Å². The predicted octanol–water partition coefficient (Wildman–Crippen LogP) is 6.66. The van der Waals surface area contributed by atoms with Crippen LogP contribution in [0.1, 0.15) is 168 Å². The van der Waals surface area contributed by atoms with E-state index in [1.165, 1.54) is 38.5 Å². The molecule has 0 bridgehead atoms. The van der Waals surface area contributed by atoms with Gasteiger partial charge in [0.15, 0.2) is 12.6 Å². The van der Waals surface area contributed by atoms with Gasteiger partial charge < -0.3 is 65.1 Å². The molecule has 2 rings (SSSR count). The first-order valence-electron chi connectivity index (χ1n) is 25.5. The van der Waals surface area contributed by atoms with Crippen LogP contribution in [0.2, 0.25) is 0 Å². The Bertz CT molecular complexity index is 1340. The number of allylic oxidation sites excluding steroid dienone is 10. The van der Waals surface area contributed by atoms with Gasteiger partial charge in [-0.2, -0.15) is 0 Å². The number of amides is 1. The topological polar surface area (TPSA) is 228 Å². The van der Waals surface area contributed by atoms with E-state index in [0.29, 0.717) is 12.8 Å². The number of unbranched alkanes of at least 4 members (excludes halogenated alkanes) is 15. The average molecular weight is 938 g/mol. The van der Waals surface area contributed by atoms with Gasteiger partial charge in [-0.25, -0.2) is 0 Å². The summed E-state index contributed by atoms with van der Waals surface area (Å²) in [4.78, 5) is 13.2. The summed E-state index contributed by atoms with van der Waals surface area (Å²) in [6, 6.07) is -0.835. The highest BCUT2D eigenvalue weighted by molar-refractivity contribution is 5.76. The van der Waals surface area contributed by atoms with Crippen molar-refractivity contribution >= 4 is 5.91 Å². The van der Waals surface area contributed by atoms with Crippen molar-refractivity contribution in [2.45, 2.75) is 242 Å². The quantitative estimate of drug-likeness (QED) is 0.0234. The molecule has 0 saturated carbocycles. The third-order valence-corrected chi connectivity index (χ3v) is 12.2. The van der Waals surface area contributed by atoms with E-state index in [1.807, 2.05) is 0 Å². The van der Waals surface area contributed by atoms with Crippen molar-refractivity contribution < 1.29 is 64.6 Å². The summed E-state index contributed by atoms with van der Waals surface area (Å²) in [5.74, 6) is -0.224. The number of carbonyl (C=O) groups excluding carboxylic acids is 1. The van der Waals surface area contributed by atoms with Crippen LogP contribution in [-0.2, 0) is 23.7 Å². The first kappa shape index (κ1) is 59.8. The Labute approximate surface area is 396 Å². The van der Waals surface area contributed by atoms with Gasteiger partial charge in [-0.3, -0.25) is 4.79 Å². The van der Waals surface area contributed by atoms with Gasteiger partial charge in [0.2, 0.25) is 5.91 Å². The number of aliphatic hydroxyl groups excluding tert-OH is 8. The van der Waals surface area contributed by atoms with Crippen LogP contribution in [0.5, 0.6) is 0 Å². The van der Waals surface area contributed by atoms with E-state index in [-0.39, 0.29) is 18.9 Å². The highest BCUT2D eigenvalue weighted by Gasteiger charge is 2.51. The van der Waals surface area contributed by atoms with Gasteiger partial charge in [0, 0.05) is 6.42 Å². The van der Waals surface area contributed by atoms with Crippen LogP contribution in [0.25, 0.3) is 0 Å². The van der Waals surface area contributed by atoms with Gasteiger partial charge in [0.1, 0.15) is 48.8 Å². The maximum atomic E-state index is 13.2. The number of aliphatic hydroxyl groups is 8. The second-order valence-corrected chi connectivity index (χ2v) is 17.9. The zero-order chi connectivity index (χ0) is 48.2. The van der Waals surface area contributed by atoms with Crippen molar-refractivity contribution in [3.63, 3.8) is 0 Å². The van der Waals surface area contributed by atoms with Crippen LogP contribution in [0.15, 0.2) is 60.8 Å². The molecule has 0 aliphatic carbocycles. The molecule has 66 heavy (non-hydrogen) atoms. The van der Waals surface area contributed by atoms with E-state index < -0.39 is 86.8 Å². The largest absolute Gasteiger partial charge is 0.394 e. The van der Waals surface area contributed by atoms with Crippen molar-refractivity contribution in [2.24, 2.45) is 0 Å². The van der Waals surface area contributed by atoms with Gasteiger partial charge in [-0.05, 0) is 57.8 Å². The molecule has 0 radical (unpaired) electrons. The normalized spacial score (nSPS) is 27.3. The number of hydrogen-bond donors (Lipinski definition) is 9. The Hall–Kier alpha value is -2.31. The highest BCUT2D eigenvalue weighted by Crippen LogP contribution is 2.30. The van der Waals surface area contributed by atoms with E-state index in [4.69, 9.17) is 18.9 Å². The maximum Gasteiger partial charge on any atom is 0.220 e. The van der Waals surface area contributed by atoms with Gasteiger partial charge >= 0.3 is 0 Å². The van der Waals surface area contributed by atoms with Crippen molar-refractivity contribution in [3.8, 4) is 0 Å². The van der Waals surface area contributed by atoms with Gasteiger partial charge in [-0.15, -0.1) is 0 Å². The lowest BCUT2D eigenvalue weighted by molar-refractivity contribution is -0.359. The summed E-state index contributed by atoms with van der Waals surface area (Å²) in [6.45, 7) is 2.68. The maximum absolute atomic E-state index is 13.2. The molecule has 0 aromatic carbocycles. The van der Waals surface area contributed by atoms with E-state index >= 15 is 0 Å². The Morgan fingerprint density at radius 2 is 1.05 bits per heavy atom. The zero-order valence-electron chi connectivity index (χ0n) is 40.4. The molecular weight excluding hydrogens is 847 g/mol. The average Bonchev–Trinajstić information content (AvgIpc) is 3.31. The fourth-order valence-corrected chi connectivity index (χ4v) is 8.09. The van der Waals surface area contributed by atoms with Crippen LogP contribution in [0.4, 0.5) is 0 Å². The zero-order valence-corrected chi connectivity index (χ0v) is 40.4. The van der Waals surface area contributed by atoms with Crippen molar-refractivity contribution in [3.05, 3.63) is 60.8 Å². The summed E-state index contributed by atoms with van der Waals surface area (Å²) in [7, 11) is 0. The van der Waals surface area contributed by atoms with Crippen molar-refractivity contribution in [2.75, 3.05) is 19.8 Å². The van der Waals surface area contributed by atoms with E-state index in [9.17, 15) is 45.6 Å². The summed E-state index contributed by atoms with van der Waals surface area (Å²) in [5, 5.41) is 86.7. The molecule has 1 amide bonds. The molecule has 14 nitrogen and oxygen atoms in total. The lowest BCUT2D eigenvalue weighted by Crippen LogP contribution is -2.65. The fraction of sp³-hybridized carbons (Fsp3) is 0.788. The molecule has 0 aromatic rings. The van der Waals surface area contributed by atoms with Crippen LogP contribution >= 0.6 is 0 Å². The summed E-state index contributed by atoms with van der Waals surface area (Å²) in [6.07, 6.45) is 29.5. The molecule has 14 heteroatoms. The Morgan fingerprint density at radius 1 is 0.561 bits per heavy atom. The van der Waals surface area contributed by atoms with Crippen LogP contribution in [0.3, 0.4) is 0 Å². The second kappa shape index (κ2) is 38.5. The summed E-state index contributed by atoms with van der Waals surface area (Å²) < 4.78 is 22.7. The van der Waals surface area contributed by atoms with Crippen LogP contribution in [-0.4, -0.2) is 140 Å². The number of nitrogens with one attached hydrogen (secondary N) is 1. The van der Waals surface area contributed by atoms with Crippen molar-refractivity contribution in [1.29, 1.82) is 0 Å². The first-order chi connectivity index (χ1) is 32.1. The number of carbonyl (C=O) groups is 1. The van der Waals surface area contributed by atoms with Gasteiger partial charge in [0.05, 0.1) is 32.0 Å². The highest BCUT2D eigenvalue weighted by atomic mass is 16.7. The SMILES string of the molecule is CC/C=C\C/C=C\C/C=C\C/C=C\C/C=C\CCCCCCCCCC(=O)NC(COC1OC(CO)C(OC2OC(CO)C(O)C(O)C2O)C(O)C1O)C(O)CCCCCCCCCCC. The molecule has 2 fully saturated rings. The molecule has 9 N–H and O–H groups in total. The molecule has 2 aliphatic rings. The minimum atomic E-state index is -1.78. The number of rotatable bonds is 38. The molecule has 0 spiro atoms. The summed E-state index contributed by atoms with van der Waals surface area (Å²) >= 11 is 0.